The van der Waals surface area contributed by atoms with E-state index >= 15 is 0 Å². The molecule has 0 unspecified atom stereocenters. The average Bonchev–Trinajstić information content (AvgIpc) is 2.92. The quantitative estimate of drug-likeness (QED) is 0.224. The van der Waals surface area contributed by atoms with E-state index in [2.05, 4.69) is 25.9 Å². The zero-order valence-corrected chi connectivity index (χ0v) is 22.2. The Hall–Kier alpha value is -4.42. The Morgan fingerprint density at radius 1 is 0.895 bits per heavy atom. The fraction of sp³-hybridized carbons (Fsp3) is 0.192. The summed E-state index contributed by atoms with van der Waals surface area (Å²) in [6.07, 6.45) is 0. The van der Waals surface area contributed by atoms with Crippen molar-refractivity contribution in [2.45, 2.75) is 13.0 Å². The number of carbonyl (C=O) groups is 1. The number of methoxy groups -OCH3 is 2. The number of amides is 1. The van der Waals surface area contributed by atoms with Crippen LogP contribution >= 0.6 is 0 Å². The largest absolute Gasteiger partial charge is 0.497 e. The van der Waals surface area contributed by atoms with E-state index in [0.717, 1.165) is 4.31 Å². The third-order valence-electron chi connectivity index (χ3n) is 5.71. The molecule has 0 radical (unpaired) electrons. The minimum Gasteiger partial charge on any atom is -0.497 e. The van der Waals surface area contributed by atoms with Crippen LogP contribution in [0.25, 0.3) is 11.0 Å². The number of fused-ring (bicyclic) bond motifs is 1. The van der Waals surface area contributed by atoms with Gasteiger partial charge in [0.15, 0.2) is 11.6 Å². The van der Waals surface area contributed by atoms with Gasteiger partial charge in [-0.1, -0.05) is 18.2 Å². The van der Waals surface area contributed by atoms with E-state index in [4.69, 9.17) is 9.47 Å². The molecule has 0 aliphatic carbocycles. The van der Waals surface area contributed by atoms with Crippen molar-refractivity contribution in [2.24, 2.45) is 0 Å². The second-order valence-electron chi connectivity index (χ2n) is 8.21. The first-order valence-electron chi connectivity index (χ1n) is 11.6. The fourth-order valence-corrected chi connectivity index (χ4v) is 4.24. The van der Waals surface area contributed by atoms with Crippen LogP contribution in [0, 0.1) is 0 Å². The van der Waals surface area contributed by atoms with E-state index in [0.29, 0.717) is 33.9 Å². The molecule has 4 rings (SSSR count). The maximum atomic E-state index is 12.7. The average molecular weight is 537 g/mol. The van der Waals surface area contributed by atoms with Gasteiger partial charge in [0.1, 0.15) is 11.5 Å². The summed E-state index contributed by atoms with van der Waals surface area (Å²) in [5, 5.41) is 8.82. The van der Waals surface area contributed by atoms with E-state index in [-0.39, 0.29) is 23.2 Å². The van der Waals surface area contributed by atoms with Crippen LogP contribution in [0.4, 0.5) is 28.7 Å². The molecule has 38 heavy (non-hydrogen) atoms. The second-order valence-corrected chi connectivity index (χ2v) is 9.09. The first-order chi connectivity index (χ1) is 18.3. The lowest BCUT2D eigenvalue weighted by Gasteiger charge is -2.21. The van der Waals surface area contributed by atoms with Gasteiger partial charge in [0.05, 0.1) is 37.0 Å². The standard InChI is InChI=1S/C26H28N6O5S/c1-16(27-2)26(33)29-17-8-7-9-19(12-17)32(38(34)35)25-24(30-22-10-5-6-11-23(22)31-25)28-18-13-20(36-3)15-21(14-18)37-4/h5-16,27,38H,1-4H3,(H,28,30)(H,29,33)/t16-/m0/s1. The number of hydrogen-bond donors (Lipinski definition) is 4. The highest BCUT2D eigenvalue weighted by Crippen LogP contribution is 2.35. The Labute approximate surface area is 221 Å². The van der Waals surface area contributed by atoms with Crippen molar-refractivity contribution in [2.75, 3.05) is 36.2 Å². The molecule has 0 fully saturated rings. The zero-order valence-electron chi connectivity index (χ0n) is 21.3. The Bertz CT molecular complexity index is 1510. The lowest BCUT2D eigenvalue weighted by atomic mass is 10.2. The number of aromatic nitrogens is 2. The van der Waals surface area contributed by atoms with E-state index in [1.165, 1.54) is 14.2 Å². The summed E-state index contributed by atoms with van der Waals surface area (Å²) in [5.74, 6) is 1.05. The topological polar surface area (TPSA) is 135 Å². The van der Waals surface area contributed by atoms with Crippen molar-refractivity contribution < 1.29 is 22.7 Å². The van der Waals surface area contributed by atoms with E-state index < -0.39 is 16.9 Å². The van der Waals surface area contributed by atoms with Crippen molar-refractivity contribution in [1.29, 1.82) is 0 Å². The fourth-order valence-electron chi connectivity index (χ4n) is 3.63. The molecule has 1 aromatic heterocycles. The van der Waals surface area contributed by atoms with Gasteiger partial charge < -0.3 is 25.4 Å². The van der Waals surface area contributed by atoms with E-state index in [1.54, 1.807) is 74.6 Å². The van der Waals surface area contributed by atoms with Crippen molar-refractivity contribution >= 4 is 56.5 Å². The summed E-state index contributed by atoms with van der Waals surface area (Å²) in [7, 11) is 1.53. The first-order valence-corrected chi connectivity index (χ1v) is 12.8. The predicted octanol–water partition coefficient (Wildman–Crippen LogP) is 3.60. The molecule has 1 amide bonds. The number of thiol groups is 1. The number of nitrogens with zero attached hydrogens (tertiary/aromatic N) is 3. The van der Waals surface area contributed by atoms with Gasteiger partial charge >= 0.3 is 0 Å². The Kier molecular flexibility index (Phi) is 8.24. The molecule has 11 nitrogen and oxygen atoms in total. The maximum absolute atomic E-state index is 12.7. The number of rotatable bonds is 10. The Morgan fingerprint density at radius 2 is 1.55 bits per heavy atom. The third kappa shape index (κ3) is 5.93. The summed E-state index contributed by atoms with van der Waals surface area (Å²) in [6.45, 7) is 1.72. The smallest absolute Gasteiger partial charge is 0.241 e. The van der Waals surface area contributed by atoms with Crippen molar-refractivity contribution in [3.63, 3.8) is 0 Å². The van der Waals surface area contributed by atoms with E-state index in [9.17, 15) is 13.2 Å². The van der Waals surface area contributed by atoms with E-state index in [1.807, 2.05) is 6.07 Å². The Morgan fingerprint density at radius 3 is 2.16 bits per heavy atom. The van der Waals surface area contributed by atoms with Crippen molar-refractivity contribution in [1.82, 2.24) is 15.3 Å². The van der Waals surface area contributed by atoms with Gasteiger partial charge in [-0.3, -0.25) is 4.79 Å². The number of carbonyl (C=O) groups excluding carboxylic acids is 1. The molecule has 0 spiro atoms. The number of ether oxygens (including phenoxy) is 2. The SMILES string of the molecule is CN[C@@H](C)C(=O)Nc1cccc(N(c2nc3ccccc3nc2Nc2cc(OC)cc(OC)c2)[SH](=O)=O)c1. The van der Waals surface area contributed by atoms with Gasteiger partial charge in [-0.05, 0) is 44.3 Å². The normalized spacial score (nSPS) is 11.7. The van der Waals surface area contributed by atoms with Crippen molar-refractivity contribution in [3.8, 4) is 11.5 Å². The third-order valence-corrected chi connectivity index (χ3v) is 6.46. The molecule has 198 valence electrons. The monoisotopic (exact) mass is 536 g/mol. The molecule has 0 saturated carbocycles. The molecule has 12 heteroatoms. The lowest BCUT2D eigenvalue weighted by Crippen LogP contribution is -2.35. The lowest BCUT2D eigenvalue weighted by molar-refractivity contribution is -0.117. The minimum atomic E-state index is -3.21. The number of benzene rings is 3. The molecule has 1 heterocycles. The molecular formula is C26H28N6O5S. The minimum absolute atomic E-state index is 0.0497. The second kappa shape index (κ2) is 11.8. The van der Waals surface area contributed by atoms with Crippen LogP contribution in [0.3, 0.4) is 0 Å². The highest BCUT2D eigenvalue weighted by Gasteiger charge is 2.22. The number of hydrogen-bond acceptors (Lipinski definition) is 9. The first kappa shape index (κ1) is 26.6. The number of likely N-dealkylation sites (N-methyl/N-ethyl adjacent to an activating group) is 1. The van der Waals surface area contributed by atoms with Crippen LogP contribution in [0.1, 0.15) is 6.92 Å². The molecule has 4 aromatic rings. The molecule has 0 aliphatic heterocycles. The number of nitrogens with one attached hydrogen (secondary N) is 3. The maximum Gasteiger partial charge on any atom is 0.241 e. The van der Waals surface area contributed by atoms with Crippen LogP contribution < -0.4 is 29.7 Å². The van der Waals surface area contributed by atoms with Crippen LogP contribution in [0.2, 0.25) is 0 Å². The molecule has 0 saturated heterocycles. The molecule has 0 aliphatic rings. The van der Waals surface area contributed by atoms with Gasteiger partial charge in [-0.15, -0.1) is 0 Å². The van der Waals surface area contributed by atoms with Gasteiger partial charge in [0, 0.05) is 29.6 Å². The molecule has 3 aromatic carbocycles. The van der Waals surface area contributed by atoms with Gasteiger partial charge in [0.25, 0.3) is 0 Å². The van der Waals surface area contributed by atoms with Gasteiger partial charge in [0.2, 0.25) is 16.8 Å². The molecule has 3 N–H and O–H groups in total. The van der Waals surface area contributed by atoms with Gasteiger partial charge in [-0.2, -0.15) is 0 Å². The van der Waals surface area contributed by atoms with Crippen LogP contribution in [0.5, 0.6) is 11.5 Å². The summed E-state index contributed by atoms with van der Waals surface area (Å²) in [5.41, 5.74) is 2.32. The molecule has 0 bridgehead atoms. The van der Waals surface area contributed by atoms with Crippen LogP contribution in [-0.2, 0) is 15.7 Å². The summed E-state index contributed by atoms with van der Waals surface area (Å²) < 4.78 is 37.1. The van der Waals surface area contributed by atoms with Gasteiger partial charge in [-0.25, -0.2) is 22.7 Å². The molecule has 1 atom stereocenters. The zero-order chi connectivity index (χ0) is 27.2. The summed E-state index contributed by atoms with van der Waals surface area (Å²) >= 11 is 0. The van der Waals surface area contributed by atoms with Crippen LogP contribution in [-0.4, -0.2) is 51.6 Å². The van der Waals surface area contributed by atoms with Crippen LogP contribution in [0.15, 0.2) is 66.7 Å². The predicted molar refractivity (Wildman–Crippen MR) is 148 cm³/mol. The summed E-state index contributed by atoms with van der Waals surface area (Å²) in [6, 6.07) is 18.4. The number of para-hydroxylation sites is 2. The summed E-state index contributed by atoms with van der Waals surface area (Å²) in [4.78, 5) is 21.7. The molecular weight excluding hydrogens is 508 g/mol. The Balaban J connectivity index is 1.83. The highest BCUT2D eigenvalue weighted by molar-refractivity contribution is 7.74. The van der Waals surface area contributed by atoms with Crippen molar-refractivity contribution in [3.05, 3.63) is 66.7 Å². The highest BCUT2D eigenvalue weighted by atomic mass is 32.2. The number of anilines is 5.